The van der Waals surface area contributed by atoms with Crippen molar-refractivity contribution in [3.8, 4) is 11.8 Å². The summed E-state index contributed by atoms with van der Waals surface area (Å²) in [5.74, 6) is 1.38. The first-order chi connectivity index (χ1) is 17.0. The van der Waals surface area contributed by atoms with E-state index in [0.29, 0.717) is 46.9 Å². The van der Waals surface area contributed by atoms with Gasteiger partial charge in [0.15, 0.2) is 0 Å². The number of hydrogen-bond acceptors (Lipinski definition) is 5. The van der Waals surface area contributed by atoms with Crippen LogP contribution >= 0.6 is 23.2 Å². The lowest BCUT2D eigenvalue weighted by Gasteiger charge is -2.39. The second kappa shape index (κ2) is 12.5. The minimum Gasteiger partial charge on any atom is -0.492 e. The van der Waals surface area contributed by atoms with Gasteiger partial charge in [0.05, 0.1) is 21.7 Å². The molecule has 2 aromatic carbocycles. The summed E-state index contributed by atoms with van der Waals surface area (Å²) >= 11 is 12.0. The Morgan fingerprint density at radius 1 is 1.06 bits per heavy atom. The van der Waals surface area contributed by atoms with Crippen LogP contribution in [0.1, 0.15) is 18.4 Å². The highest BCUT2D eigenvalue weighted by Crippen LogP contribution is 2.25. The van der Waals surface area contributed by atoms with E-state index in [0.717, 1.165) is 45.0 Å². The number of nitrogens with zero attached hydrogens (tertiary/aromatic N) is 4. The number of nitrogens with one attached hydrogen (secondary N) is 1. The number of carbonyl (C=O) groups is 1. The van der Waals surface area contributed by atoms with Crippen LogP contribution < -0.4 is 10.1 Å². The SMILES string of the molecule is N#Cc1cccc(OCCN2CCC[C@@H](CN3CCN(C(=O)Nc4ccc(Cl)c(Cl)c4)CC3)C2)c1. The van der Waals surface area contributed by atoms with E-state index in [1.54, 1.807) is 30.3 Å². The standard InChI is InChI=1S/C26H31Cl2N5O2/c27-24-7-6-22(16-25(24)28)30-26(34)33-11-9-32(10-12-33)19-21-4-2-8-31(18-21)13-14-35-23-5-1-3-20(15-23)17-29/h1,3,5-7,15-16,21H,2,4,8-14,18-19H2,(H,30,34)/t21-/m1/s1. The van der Waals surface area contributed by atoms with E-state index in [1.165, 1.54) is 12.8 Å². The fourth-order valence-electron chi connectivity index (χ4n) is 4.73. The second-order valence-electron chi connectivity index (χ2n) is 9.14. The normalized spacial score (nSPS) is 19.2. The number of carbonyl (C=O) groups excluding carboxylic acids is 1. The summed E-state index contributed by atoms with van der Waals surface area (Å²) in [5.41, 5.74) is 1.27. The van der Waals surface area contributed by atoms with Gasteiger partial charge < -0.3 is 15.0 Å². The Morgan fingerprint density at radius 3 is 2.66 bits per heavy atom. The molecule has 1 N–H and O–H groups in total. The highest BCUT2D eigenvalue weighted by atomic mass is 35.5. The van der Waals surface area contributed by atoms with Crippen LogP contribution in [0.3, 0.4) is 0 Å². The van der Waals surface area contributed by atoms with Crippen molar-refractivity contribution in [1.29, 1.82) is 5.26 Å². The Morgan fingerprint density at radius 2 is 1.89 bits per heavy atom. The Balaban J connectivity index is 1.16. The zero-order chi connectivity index (χ0) is 24.6. The van der Waals surface area contributed by atoms with Gasteiger partial charge in [-0.25, -0.2) is 4.79 Å². The molecule has 1 atom stereocenters. The molecule has 186 valence electrons. The van der Waals surface area contributed by atoms with Gasteiger partial charge in [-0.05, 0) is 61.7 Å². The van der Waals surface area contributed by atoms with Crippen LogP contribution in [0.15, 0.2) is 42.5 Å². The van der Waals surface area contributed by atoms with Crippen molar-refractivity contribution in [3.05, 3.63) is 58.1 Å². The van der Waals surface area contributed by atoms with E-state index in [1.807, 2.05) is 17.0 Å². The summed E-state index contributed by atoms with van der Waals surface area (Å²) in [6.07, 6.45) is 2.43. The van der Waals surface area contributed by atoms with Gasteiger partial charge in [0.1, 0.15) is 12.4 Å². The summed E-state index contributed by atoms with van der Waals surface area (Å²) < 4.78 is 5.87. The van der Waals surface area contributed by atoms with Crippen molar-refractivity contribution in [3.63, 3.8) is 0 Å². The van der Waals surface area contributed by atoms with E-state index >= 15 is 0 Å². The first-order valence-electron chi connectivity index (χ1n) is 12.1. The third-order valence-electron chi connectivity index (χ3n) is 6.59. The van der Waals surface area contributed by atoms with E-state index in [4.69, 9.17) is 33.2 Å². The molecule has 0 spiro atoms. The maximum absolute atomic E-state index is 12.6. The maximum atomic E-state index is 12.6. The minimum atomic E-state index is -0.104. The van der Waals surface area contributed by atoms with Gasteiger partial charge in [0, 0.05) is 51.5 Å². The van der Waals surface area contributed by atoms with Crippen molar-refractivity contribution in [1.82, 2.24) is 14.7 Å². The highest BCUT2D eigenvalue weighted by Gasteiger charge is 2.26. The molecular formula is C26H31Cl2N5O2. The van der Waals surface area contributed by atoms with Gasteiger partial charge in [-0.1, -0.05) is 29.3 Å². The monoisotopic (exact) mass is 515 g/mol. The third kappa shape index (κ3) is 7.49. The number of amides is 2. The zero-order valence-corrected chi connectivity index (χ0v) is 21.3. The molecule has 35 heavy (non-hydrogen) atoms. The quantitative estimate of drug-likeness (QED) is 0.572. The molecule has 2 aliphatic heterocycles. The maximum Gasteiger partial charge on any atom is 0.321 e. The first-order valence-corrected chi connectivity index (χ1v) is 12.8. The van der Waals surface area contributed by atoms with Gasteiger partial charge in [-0.3, -0.25) is 9.80 Å². The van der Waals surface area contributed by atoms with Crippen molar-refractivity contribution >= 4 is 34.9 Å². The van der Waals surface area contributed by atoms with Crippen LogP contribution in [0.2, 0.25) is 10.0 Å². The Bertz CT molecular complexity index is 1050. The first kappa shape index (κ1) is 25.6. The van der Waals surface area contributed by atoms with E-state index in [-0.39, 0.29) is 6.03 Å². The topological polar surface area (TPSA) is 71.8 Å². The lowest BCUT2D eigenvalue weighted by molar-refractivity contribution is 0.0945. The number of anilines is 1. The summed E-state index contributed by atoms with van der Waals surface area (Å²) in [7, 11) is 0. The van der Waals surface area contributed by atoms with Crippen LogP contribution in [0.4, 0.5) is 10.5 Å². The Kier molecular flexibility index (Phi) is 9.11. The van der Waals surface area contributed by atoms with Crippen LogP contribution in [0.25, 0.3) is 0 Å². The highest BCUT2D eigenvalue weighted by molar-refractivity contribution is 6.42. The molecule has 2 aromatic rings. The van der Waals surface area contributed by atoms with Crippen LogP contribution in [0.5, 0.6) is 5.75 Å². The number of piperidine rings is 1. The molecule has 7 nitrogen and oxygen atoms in total. The lowest BCUT2D eigenvalue weighted by atomic mass is 9.97. The predicted molar refractivity (Wildman–Crippen MR) is 139 cm³/mol. The molecule has 0 aromatic heterocycles. The molecule has 0 aliphatic carbocycles. The average molecular weight is 516 g/mol. The summed E-state index contributed by atoms with van der Waals surface area (Å²) in [6.45, 7) is 7.90. The number of likely N-dealkylation sites (tertiary alicyclic amines) is 1. The summed E-state index contributed by atoms with van der Waals surface area (Å²) in [4.78, 5) is 19.4. The van der Waals surface area contributed by atoms with E-state index in [2.05, 4.69) is 21.2 Å². The van der Waals surface area contributed by atoms with Gasteiger partial charge >= 0.3 is 6.03 Å². The number of nitriles is 1. The number of benzene rings is 2. The Hall–Kier alpha value is -2.50. The largest absolute Gasteiger partial charge is 0.492 e. The van der Waals surface area contributed by atoms with E-state index in [9.17, 15) is 4.79 Å². The van der Waals surface area contributed by atoms with Gasteiger partial charge in [-0.15, -0.1) is 0 Å². The fourth-order valence-corrected chi connectivity index (χ4v) is 5.02. The summed E-state index contributed by atoms with van der Waals surface area (Å²) in [6, 6.07) is 14.5. The number of halogens is 2. The smallest absolute Gasteiger partial charge is 0.321 e. The predicted octanol–water partition coefficient (Wildman–Crippen LogP) is 4.81. The number of piperazine rings is 1. The van der Waals surface area contributed by atoms with Crippen LogP contribution in [-0.2, 0) is 0 Å². The minimum absolute atomic E-state index is 0.104. The summed E-state index contributed by atoms with van der Waals surface area (Å²) in [5, 5.41) is 12.8. The van der Waals surface area contributed by atoms with Crippen molar-refractivity contribution < 1.29 is 9.53 Å². The molecule has 2 amide bonds. The molecule has 2 fully saturated rings. The molecular weight excluding hydrogens is 485 g/mol. The Labute approximate surface area is 217 Å². The molecule has 2 saturated heterocycles. The van der Waals surface area contributed by atoms with Crippen molar-refractivity contribution in [2.45, 2.75) is 12.8 Å². The number of hydrogen-bond donors (Lipinski definition) is 1. The van der Waals surface area contributed by atoms with Crippen molar-refractivity contribution in [2.24, 2.45) is 5.92 Å². The molecule has 2 aliphatic rings. The average Bonchev–Trinajstić information content (AvgIpc) is 2.87. The third-order valence-corrected chi connectivity index (χ3v) is 7.33. The van der Waals surface area contributed by atoms with Gasteiger partial charge in [0.2, 0.25) is 0 Å². The van der Waals surface area contributed by atoms with Gasteiger partial charge in [-0.2, -0.15) is 5.26 Å². The van der Waals surface area contributed by atoms with E-state index < -0.39 is 0 Å². The molecule has 0 radical (unpaired) electrons. The second-order valence-corrected chi connectivity index (χ2v) is 9.96. The van der Waals surface area contributed by atoms with Crippen LogP contribution in [0, 0.1) is 17.2 Å². The number of ether oxygens (including phenoxy) is 1. The molecule has 0 bridgehead atoms. The number of rotatable bonds is 7. The fraction of sp³-hybridized carbons (Fsp3) is 0.462. The van der Waals surface area contributed by atoms with Crippen molar-refractivity contribution in [2.75, 3.05) is 64.3 Å². The molecule has 4 rings (SSSR count). The lowest BCUT2D eigenvalue weighted by Crippen LogP contribution is -2.52. The van der Waals surface area contributed by atoms with Crippen LogP contribution in [-0.4, -0.2) is 79.7 Å². The number of urea groups is 1. The van der Waals surface area contributed by atoms with Gasteiger partial charge in [0.25, 0.3) is 0 Å². The molecule has 9 heteroatoms. The molecule has 2 heterocycles. The molecule has 0 unspecified atom stereocenters. The molecule has 0 saturated carbocycles. The zero-order valence-electron chi connectivity index (χ0n) is 19.8.